The Kier molecular flexibility index (Phi) is 42.8. The summed E-state index contributed by atoms with van der Waals surface area (Å²) in [6.45, 7) is 6.94. The Morgan fingerprint density at radius 3 is 1.41 bits per heavy atom. The molecule has 0 saturated carbocycles. The zero-order chi connectivity index (χ0) is 46.5. The third kappa shape index (κ3) is 45.2. The Labute approximate surface area is 389 Å². The molecule has 0 heterocycles. The molecule has 0 radical (unpaired) electrons. The predicted octanol–water partition coefficient (Wildman–Crippen LogP) is 15.2. The second-order valence-electron chi connectivity index (χ2n) is 19.0. The molecule has 0 fully saturated rings. The summed E-state index contributed by atoms with van der Waals surface area (Å²) >= 11 is 0. The number of allylic oxidation sites excluding steroid dienone is 5. The maximum atomic E-state index is 13.4. The molecule has 0 aromatic carbocycles. The Hall–Kier alpha value is -1.77. The fourth-order valence-corrected chi connectivity index (χ4v) is 8.12. The number of hydrogen-bond donors (Lipinski definition) is 2. The maximum Gasteiger partial charge on any atom is 0.472 e. The summed E-state index contributed by atoms with van der Waals surface area (Å²) in [6, 6.07) is -0.853. The summed E-state index contributed by atoms with van der Waals surface area (Å²) in [5.74, 6) is -0.533. The largest absolute Gasteiger partial charge is 0.472 e. The van der Waals surface area contributed by atoms with Crippen LogP contribution in [0.2, 0.25) is 0 Å². The van der Waals surface area contributed by atoms with Gasteiger partial charge in [0.2, 0.25) is 5.91 Å². The quantitative estimate of drug-likeness (QED) is 0.0206. The van der Waals surface area contributed by atoms with Gasteiger partial charge in [-0.25, -0.2) is 4.57 Å². The molecule has 0 aliphatic rings. The molecular weight excluding hydrogens is 808 g/mol. The average molecular weight is 910 g/mol. The molecule has 0 aromatic rings. The molecule has 0 spiro atoms. The van der Waals surface area contributed by atoms with Crippen molar-refractivity contribution in [3.63, 3.8) is 0 Å². The van der Waals surface area contributed by atoms with Crippen LogP contribution in [0.1, 0.15) is 239 Å². The summed E-state index contributed by atoms with van der Waals surface area (Å²) in [6.07, 6.45) is 49.9. The van der Waals surface area contributed by atoms with Crippen LogP contribution in [0, 0.1) is 0 Å². The van der Waals surface area contributed by atoms with Crippen LogP contribution in [0.15, 0.2) is 36.5 Å². The molecule has 370 valence electrons. The average Bonchev–Trinajstić information content (AvgIpc) is 3.23. The predicted molar refractivity (Wildman–Crippen MR) is 268 cm³/mol. The summed E-state index contributed by atoms with van der Waals surface area (Å²) in [4.78, 5) is 37.4. The zero-order valence-electron chi connectivity index (χ0n) is 42.1. The minimum Gasteiger partial charge on any atom is -0.456 e. The Morgan fingerprint density at radius 2 is 0.937 bits per heavy atom. The van der Waals surface area contributed by atoms with E-state index in [-0.39, 0.29) is 31.5 Å². The van der Waals surface area contributed by atoms with Gasteiger partial charge in [-0.2, -0.15) is 0 Å². The first-order chi connectivity index (χ1) is 30.4. The number of nitrogens with zero attached hydrogens (tertiary/aromatic N) is 1. The number of carbonyl (C=O) groups is 2. The number of likely N-dealkylation sites (N-methyl/N-ethyl adjacent to an activating group) is 1. The molecule has 3 atom stereocenters. The molecule has 10 heteroatoms. The SMILES string of the molecule is CCCC/C=C\CCCCCCCC(=O)NC(COP(=O)(O)OCC[N+](C)(C)C)C(/C=C/CCCCCCCCCCCC)OC(=O)CCCCC/C=C\CCCCCCCCC. The number of phosphoric acid groups is 1. The number of carbonyl (C=O) groups excluding carboxylic acids is 2. The number of hydrogen-bond acceptors (Lipinski definition) is 6. The van der Waals surface area contributed by atoms with Crippen LogP contribution in [0.3, 0.4) is 0 Å². The lowest BCUT2D eigenvalue weighted by Crippen LogP contribution is -2.47. The Morgan fingerprint density at radius 1 is 0.540 bits per heavy atom. The highest BCUT2D eigenvalue weighted by atomic mass is 31.2. The summed E-state index contributed by atoms with van der Waals surface area (Å²) in [7, 11) is 1.48. The number of esters is 1. The fraction of sp³-hybridized carbons (Fsp3) is 0.849. The number of ether oxygens (including phenoxy) is 1. The van der Waals surface area contributed by atoms with Gasteiger partial charge in [0.1, 0.15) is 19.3 Å². The van der Waals surface area contributed by atoms with E-state index in [9.17, 15) is 19.0 Å². The summed E-state index contributed by atoms with van der Waals surface area (Å²) < 4.78 is 30.5. The first kappa shape index (κ1) is 61.2. The molecule has 9 nitrogen and oxygen atoms in total. The van der Waals surface area contributed by atoms with Crippen molar-refractivity contribution in [3.8, 4) is 0 Å². The molecule has 2 N–H and O–H groups in total. The van der Waals surface area contributed by atoms with Crippen LogP contribution >= 0.6 is 7.82 Å². The third-order valence-electron chi connectivity index (χ3n) is 11.6. The number of nitrogens with one attached hydrogen (secondary N) is 1. The lowest BCUT2D eigenvalue weighted by Gasteiger charge is -2.27. The molecule has 0 aromatic heterocycles. The smallest absolute Gasteiger partial charge is 0.456 e. The first-order valence-electron chi connectivity index (χ1n) is 26.3. The minimum absolute atomic E-state index is 0.0373. The number of rotatable bonds is 47. The summed E-state index contributed by atoms with van der Waals surface area (Å²) in [5.41, 5.74) is 0. The first-order valence-corrected chi connectivity index (χ1v) is 27.8. The van der Waals surface area contributed by atoms with Crippen LogP contribution in [0.4, 0.5) is 0 Å². The molecule has 0 aliphatic carbocycles. The van der Waals surface area contributed by atoms with E-state index in [1.807, 2.05) is 33.3 Å². The molecule has 0 rings (SSSR count). The van der Waals surface area contributed by atoms with Gasteiger partial charge in [0.25, 0.3) is 0 Å². The van der Waals surface area contributed by atoms with Crippen LogP contribution in [0.25, 0.3) is 0 Å². The highest BCUT2D eigenvalue weighted by molar-refractivity contribution is 7.47. The molecule has 0 bridgehead atoms. The van der Waals surface area contributed by atoms with Gasteiger partial charge in [-0.05, 0) is 76.7 Å². The van der Waals surface area contributed by atoms with Crippen molar-refractivity contribution in [1.82, 2.24) is 5.32 Å². The van der Waals surface area contributed by atoms with Gasteiger partial charge < -0.3 is 19.4 Å². The molecule has 3 unspecified atom stereocenters. The van der Waals surface area contributed by atoms with Gasteiger partial charge in [-0.1, -0.05) is 186 Å². The zero-order valence-corrected chi connectivity index (χ0v) is 43.0. The molecule has 0 saturated heterocycles. The minimum atomic E-state index is -4.44. The topological polar surface area (TPSA) is 111 Å². The normalized spacial score (nSPS) is 14.2. The van der Waals surface area contributed by atoms with Crippen molar-refractivity contribution >= 4 is 19.7 Å². The second kappa shape index (κ2) is 44.1. The van der Waals surface area contributed by atoms with Crippen molar-refractivity contribution in [2.24, 2.45) is 0 Å². The van der Waals surface area contributed by atoms with Gasteiger partial charge in [0, 0.05) is 12.8 Å². The van der Waals surface area contributed by atoms with E-state index in [2.05, 4.69) is 50.4 Å². The molecule has 0 aliphatic heterocycles. The highest BCUT2D eigenvalue weighted by Crippen LogP contribution is 2.43. The number of quaternary nitrogens is 1. The van der Waals surface area contributed by atoms with Gasteiger partial charge >= 0.3 is 13.8 Å². The van der Waals surface area contributed by atoms with Crippen molar-refractivity contribution in [2.75, 3.05) is 40.9 Å². The van der Waals surface area contributed by atoms with E-state index in [1.54, 1.807) is 0 Å². The second-order valence-corrected chi connectivity index (χ2v) is 20.5. The lowest BCUT2D eigenvalue weighted by molar-refractivity contribution is -0.870. The maximum absolute atomic E-state index is 13.4. The molecular formula is C53H102N2O7P+. The van der Waals surface area contributed by atoms with E-state index in [0.29, 0.717) is 23.9 Å². The van der Waals surface area contributed by atoms with Crippen LogP contribution in [0.5, 0.6) is 0 Å². The van der Waals surface area contributed by atoms with Crippen molar-refractivity contribution in [2.45, 2.75) is 251 Å². The van der Waals surface area contributed by atoms with E-state index >= 15 is 0 Å². The van der Waals surface area contributed by atoms with E-state index in [4.69, 9.17) is 13.8 Å². The van der Waals surface area contributed by atoms with Crippen molar-refractivity contribution in [3.05, 3.63) is 36.5 Å². The number of unbranched alkanes of at least 4 members (excludes halogenated alkanes) is 27. The van der Waals surface area contributed by atoms with Crippen molar-refractivity contribution < 1.29 is 37.3 Å². The van der Waals surface area contributed by atoms with Gasteiger partial charge in [-0.15, -0.1) is 0 Å². The van der Waals surface area contributed by atoms with Crippen LogP contribution in [-0.2, 0) is 27.9 Å². The standard InChI is InChI=1S/C53H101N2O7P/c1-7-10-13-16-19-22-25-27-28-31-34-37-40-43-46-53(57)62-51(44-41-38-35-32-30-26-23-20-17-14-11-8-2)50(49-61-63(58,59)60-48-47-55(4,5)6)54-52(56)45-42-39-36-33-29-24-21-18-15-12-9-3/h18,21,28,31,41,44,50-51H,7-17,19-20,22-27,29-30,32-40,42-43,45-49H2,1-6H3,(H-,54,56,58,59)/p+1/b21-18-,31-28-,44-41+. The van der Waals surface area contributed by atoms with Gasteiger partial charge in [0.15, 0.2) is 0 Å². The van der Waals surface area contributed by atoms with Gasteiger partial charge in [0.05, 0.1) is 33.8 Å². The lowest BCUT2D eigenvalue weighted by atomic mass is 10.0. The molecule has 63 heavy (non-hydrogen) atoms. The van der Waals surface area contributed by atoms with E-state index in [0.717, 1.165) is 89.9 Å². The van der Waals surface area contributed by atoms with E-state index < -0.39 is 20.0 Å². The van der Waals surface area contributed by atoms with Crippen LogP contribution < -0.4 is 5.32 Å². The number of amides is 1. The van der Waals surface area contributed by atoms with E-state index in [1.165, 1.54) is 109 Å². The van der Waals surface area contributed by atoms with Gasteiger partial charge in [-0.3, -0.25) is 18.6 Å². The molecule has 1 amide bonds. The number of phosphoric ester groups is 1. The van der Waals surface area contributed by atoms with Crippen LogP contribution in [-0.4, -0.2) is 74.3 Å². The fourth-order valence-electron chi connectivity index (χ4n) is 7.38. The Bertz CT molecular complexity index is 1180. The highest BCUT2D eigenvalue weighted by Gasteiger charge is 2.30. The summed E-state index contributed by atoms with van der Waals surface area (Å²) in [5, 5.41) is 3.02. The Balaban J connectivity index is 5.45. The third-order valence-corrected chi connectivity index (χ3v) is 12.5. The van der Waals surface area contributed by atoms with Crippen molar-refractivity contribution in [1.29, 1.82) is 0 Å². The monoisotopic (exact) mass is 910 g/mol.